The maximum atomic E-state index is 13.0. The molecule has 0 saturated carbocycles. The zero-order valence-electron chi connectivity index (χ0n) is 7.44. The number of nitro benzene ring substituents is 1. The molecule has 0 atom stereocenters. The zero-order valence-corrected chi connectivity index (χ0v) is 7.44. The summed E-state index contributed by atoms with van der Waals surface area (Å²) in [5.74, 6) is -2.39. The van der Waals surface area contributed by atoms with Crippen LogP contribution in [0.3, 0.4) is 0 Å². The van der Waals surface area contributed by atoms with Crippen molar-refractivity contribution in [2.45, 2.75) is 0 Å². The highest BCUT2D eigenvalue weighted by atomic mass is 19.1. The van der Waals surface area contributed by atoms with Crippen molar-refractivity contribution >= 4 is 17.2 Å². The summed E-state index contributed by atoms with van der Waals surface area (Å²) in [7, 11) is 0. The molecular formula is C9H6FNO4. The third-order valence-corrected chi connectivity index (χ3v) is 1.75. The maximum Gasteiger partial charge on any atom is 0.335 e. The predicted molar refractivity (Wildman–Crippen MR) is 49.7 cm³/mol. The van der Waals surface area contributed by atoms with Gasteiger partial charge in [-0.2, -0.15) is 4.39 Å². The summed E-state index contributed by atoms with van der Waals surface area (Å²) >= 11 is 0. The number of hydrogen-bond donors (Lipinski definition) is 1. The smallest absolute Gasteiger partial charge is 0.335 e. The molecule has 6 heteroatoms. The van der Waals surface area contributed by atoms with Crippen molar-refractivity contribution in [2.24, 2.45) is 0 Å². The topological polar surface area (TPSA) is 80.4 Å². The van der Waals surface area contributed by atoms with Crippen LogP contribution in [0.4, 0.5) is 10.1 Å². The van der Waals surface area contributed by atoms with Gasteiger partial charge in [0, 0.05) is 6.07 Å². The summed E-state index contributed by atoms with van der Waals surface area (Å²) in [6.07, 6.45) is 0. The molecule has 0 unspecified atom stereocenters. The SMILES string of the molecule is C=C(C(=O)O)c1ccc([N+](=O)[O-])c(F)c1. The van der Waals surface area contributed by atoms with Crippen LogP contribution in [0.1, 0.15) is 5.56 Å². The quantitative estimate of drug-likeness (QED) is 0.469. The highest BCUT2D eigenvalue weighted by molar-refractivity contribution is 6.14. The molecule has 1 rings (SSSR count). The van der Waals surface area contributed by atoms with E-state index < -0.39 is 22.4 Å². The van der Waals surface area contributed by atoms with E-state index in [1.807, 2.05) is 0 Å². The second-order valence-corrected chi connectivity index (χ2v) is 2.71. The normalized spacial score (nSPS) is 9.67. The number of rotatable bonds is 3. The summed E-state index contributed by atoms with van der Waals surface area (Å²) in [6.45, 7) is 3.20. The van der Waals surface area contributed by atoms with Crippen LogP contribution >= 0.6 is 0 Å². The average molecular weight is 211 g/mol. The van der Waals surface area contributed by atoms with Gasteiger partial charge in [-0.25, -0.2) is 4.79 Å². The van der Waals surface area contributed by atoms with Crippen LogP contribution in [-0.2, 0) is 4.79 Å². The minimum Gasteiger partial charge on any atom is -0.478 e. The first kappa shape index (κ1) is 10.8. The number of nitro groups is 1. The van der Waals surface area contributed by atoms with Gasteiger partial charge in [0.25, 0.3) is 0 Å². The van der Waals surface area contributed by atoms with Crippen LogP contribution in [0.5, 0.6) is 0 Å². The van der Waals surface area contributed by atoms with Gasteiger partial charge < -0.3 is 5.11 Å². The molecular weight excluding hydrogens is 205 g/mol. The maximum absolute atomic E-state index is 13.0. The summed E-state index contributed by atoms with van der Waals surface area (Å²) in [6, 6.07) is 2.81. The molecule has 15 heavy (non-hydrogen) atoms. The first-order valence-electron chi connectivity index (χ1n) is 3.80. The second-order valence-electron chi connectivity index (χ2n) is 2.71. The van der Waals surface area contributed by atoms with Gasteiger partial charge in [-0.1, -0.05) is 6.58 Å². The van der Waals surface area contributed by atoms with Crippen molar-refractivity contribution in [1.82, 2.24) is 0 Å². The molecule has 1 N–H and O–H groups in total. The molecule has 0 aliphatic carbocycles. The highest BCUT2D eigenvalue weighted by Gasteiger charge is 2.16. The number of hydrogen-bond acceptors (Lipinski definition) is 3. The van der Waals surface area contributed by atoms with Crippen molar-refractivity contribution in [2.75, 3.05) is 0 Å². The van der Waals surface area contributed by atoms with E-state index in [1.54, 1.807) is 0 Å². The van der Waals surface area contributed by atoms with E-state index >= 15 is 0 Å². The monoisotopic (exact) mass is 211 g/mol. The molecule has 0 spiro atoms. The lowest BCUT2D eigenvalue weighted by molar-refractivity contribution is -0.387. The molecule has 0 fully saturated rings. The lowest BCUT2D eigenvalue weighted by Crippen LogP contribution is -2.00. The zero-order chi connectivity index (χ0) is 11.6. The van der Waals surface area contributed by atoms with Crippen molar-refractivity contribution in [3.05, 3.63) is 46.3 Å². The second kappa shape index (κ2) is 3.87. The van der Waals surface area contributed by atoms with Crippen molar-refractivity contribution in [3.63, 3.8) is 0 Å². The van der Waals surface area contributed by atoms with Crippen molar-refractivity contribution in [1.29, 1.82) is 0 Å². The van der Waals surface area contributed by atoms with Crippen LogP contribution in [-0.4, -0.2) is 16.0 Å². The number of benzene rings is 1. The van der Waals surface area contributed by atoms with Crippen LogP contribution in [0, 0.1) is 15.9 Å². The van der Waals surface area contributed by atoms with Gasteiger partial charge in [-0.15, -0.1) is 0 Å². The van der Waals surface area contributed by atoms with Crippen molar-refractivity contribution in [3.8, 4) is 0 Å². The van der Waals surface area contributed by atoms with Gasteiger partial charge in [-0.3, -0.25) is 10.1 Å². The fourth-order valence-electron chi connectivity index (χ4n) is 0.966. The molecule has 78 valence electrons. The summed E-state index contributed by atoms with van der Waals surface area (Å²) in [4.78, 5) is 19.9. The Morgan fingerprint density at radius 2 is 2.13 bits per heavy atom. The number of carbonyl (C=O) groups is 1. The third-order valence-electron chi connectivity index (χ3n) is 1.75. The average Bonchev–Trinajstić information content (AvgIpc) is 2.15. The van der Waals surface area contributed by atoms with Crippen LogP contribution in [0.25, 0.3) is 5.57 Å². The molecule has 0 radical (unpaired) electrons. The number of nitrogens with zero attached hydrogens (tertiary/aromatic N) is 1. The molecule has 0 heterocycles. The van der Waals surface area contributed by atoms with Crippen molar-refractivity contribution < 1.29 is 19.2 Å². The molecule has 0 saturated heterocycles. The largest absolute Gasteiger partial charge is 0.478 e. The number of aliphatic carboxylic acids is 1. The number of carboxylic acid groups (broad SMARTS) is 1. The van der Waals surface area contributed by atoms with Crippen LogP contribution < -0.4 is 0 Å². The fourth-order valence-corrected chi connectivity index (χ4v) is 0.966. The van der Waals surface area contributed by atoms with E-state index in [0.717, 1.165) is 18.2 Å². The fraction of sp³-hybridized carbons (Fsp3) is 0. The van der Waals surface area contributed by atoms with Gasteiger partial charge in [0.2, 0.25) is 5.82 Å². The molecule has 1 aromatic carbocycles. The minimum atomic E-state index is -1.30. The van der Waals surface area contributed by atoms with Crippen LogP contribution in [0.2, 0.25) is 0 Å². The Balaban J connectivity index is 3.18. The molecule has 0 bridgehead atoms. The first-order chi connectivity index (χ1) is 6.93. The minimum absolute atomic E-state index is 0.00519. The Hall–Kier alpha value is -2.24. The van der Waals surface area contributed by atoms with E-state index in [1.165, 1.54) is 0 Å². The van der Waals surface area contributed by atoms with E-state index in [2.05, 4.69) is 6.58 Å². The standard InChI is InChI=1S/C9H6FNO4/c1-5(9(12)13)6-2-3-8(11(14)15)7(10)4-6/h2-4H,1H2,(H,12,13). The lowest BCUT2D eigenvalue weighted by Gasteiger charge is -2.00. The number of halogens is 1. The molecule has 0 aliphatic heterocycles. The summed E-state index contributed by atoms with van der Waals surface area (Å²) in [5, 5.41) is 18.8. The Kier molecular flexibility index (Phi) is 2.80. The molecule has 5 nitrogen and oxygen atoms in total. The Morgan fingerprint density at radius 3 is 2.53 bits per heavy atom. The Bertz CT molecular complexity index is 455. The number of carboxylic acids is 1. The van der Waals surface area contributed by atoms with Gasteiger partial charge in [-0.05, 0) is 17.7 Å². The summed E-state index contributed by atoms with van der Waals surface area (Å²) in [5.41, 5.74) is -1.01. The first-order valence-corrected chi connectivity index (χ1v) is 3.80. The molecule has 0 aromatic heterocycles. The van der Waals surface area contributed by atoms with Gasteiger partial charge >= 0.3 is 11.7 Å². The predicted octanol–water partition coefficient (Wildman–Crippen LogP) is 1.83. The van der Waals surface area contributed by atoms with E-state index in [0.29, 0.717) is 0 Å². The molecule has 0 amide bonds. The Labute approximate surface area is 83.6 Å². The Morgan fingerprint density at radius 1 is 1.53 bits per heavy atom. The van der Waals surface area contributed by atoms with Crippen LogP contribution in [0.15, 0.2) is 24.8 Å². The van der Waals surface area contributed by atoms with Gasteiger partial charge in [0.05, 0.1) is 10.5 Å². The molecule has 1 aromatic rings. The third kappa shape index (κ3) is 2.16. The highest BCUT2D eigenvalue weighted by Crippen LogP contribution is 2.21. The summed E-state index contributed by atoms with van der Waals surface area (Å²) < 4.78 is 13.0. The van der Waals surface area contributed by atoms with Gasteiger partial charge in [0.1, 0.15) is 0 Å². The lowest BCUT2D eigenvalue weighted by atomic mass is 10.1. The molecule has 0 aliphatic rings. The van der Waals surface area contributed by atoms with E-state index in [9.17, 15) is 19.3 Å². The van der Waals surface area contributed by atoms with E-state index in [-0.39, 0.29) is 11.1 Å². The van der Waals surface area contributed by atoms with Gasteiger partial charge in [0.15, 0.2) is 0 Å². The van der Waals surface area contributed by atoms with E-state index in [4.69, 9.17) is 5.11 Å².